The number of ether oxygens (including phenoxy) is 1. The molecule has 1 aromatic rings. The van der Waals surface area contributed by atoms with Gasteiger partial charge in [0, 0.05) is 32.1 Å². The normalized spacial score (nSPS) is 15.2. The molecule has 8 heteroatoms. The number of hydrogen-bond donors (Lipinski definition) is 2. The van der Waals surface area contributed by atoms with Crippen LogP contribution in [0.15, 0.2) is 11.2 Å². The molecule has 0 saturated carbocycles. The third-order valence-corrected chi connectivity index (χ3v) is 3.46. The molecule has 1 aliphatic heterocycles. The molecule has 0 aliphatic carbocycles. The van der Waals surface area contributed by atoms with Crippen molar-refractivity contribution in [2.75, 3.05) is 50.2 Å². The summed E-state index contributed by atoms with van der Waals surface area (Å²) in [5.41, 5.74) is 5.69. The van der Waals surface area contributed by atoms with Crippen molar-refractivity contribution >= 4 is 29.3 Å². The van der Waals surface area contributed by atoms with Gasteiger partial charge in [0.25, 0.3) is 0 Å². The van der Waals surface area contributed by atoms with Crippen LogP contribution in [0.25, 0.3) is 0 Å². The fraction of sp³-hybridized carbons (Fsp3) is 0.583. The molecule has 0 atom stereocenters. The van der Waals surface area contributed by atoms with E-state index in [-0.39, 0.29) is 5.91 Å². The Labute approximate surface area is 122 Å². The molecule has 1 aliphatic rings. The average Bonchev–Trinajstić information content (AvgIpc) is 2.47. The van der Waals surface area contributed by atoms with Crippen LogP contribution in [0.1, 0.15) is 6.42 Å². The van der Waals surface area contributed by atoms with Gasteiger partial charge < -0.3 is 20.7 Å². The summed E-state index contributed by atoms with van der Waals surface area (Å²) in [6.07, 6.45) is 2.32. The smallest absolute Gasteiger partial charge is 0.224 e. The van der Waals surface area contributed by atoms with Crippen LogP contribution in [0.2, 0.25) is 0 Å². The van der Waals surface area contributed by atoms with E-state index < -0.39 is 0 Å². The zero-order valence-corrected chi connectivity index (χ0v) is 12.3. The molecule has 2 heterocycles. The summed E-state index contributed by atoms with van der Waals surface area (Å²) in [5, 5.41) is 3.72. The van der Waals surface area contributed by atoms with Gasteiger partial charge in [-0.2, -0.15) is 0 Å². The lowest BCUT2D eigenvalue weighted by atomic mass is 10.3. The minimum atomic E-state index is 0.132. The second-order valence-corrected chi connectivity index (χ2v) is 5.11. The predicted molar refractivity (Wildman–Crippen MR) is 78.7 cm³/mol. The number of nitrogen functional groups attached to an aromatic ring is 1. The maximum Gasteiger partial charge on any atom is 0.224 e. The van der Waals surface area contributed by atoms with Gasteiger partial charge in [0.2, 0.25) is 5.91 Å². The Morgan fingerprint density at radius 2 is 2.25 bits per heavy atom. The number of anilines is 2. The topological polar surface area (TPSA) is 93.4 Å². The molecule has 0 spiro atoms. The molecule has 7 nitrogen and oxygen atoms in total. The number of carbonyl (C=O) groups excluding carboxylic acids is 1. The molecule has 0 bridgehead atoms. The Bertz CT molecular complexity index is 465. The Kier molecular flexibility index (Phi) is 5.42. The second kappa shape index (κ2) is 7.30. The van der Waals surface area contributed by atoms with Crippen molar-refractivity contribution in [1.82, 2.24) is 14.9 Å². The maximum atomic E-state index is 11.9. The Balaban J connectivity index is 1.80. The van der Waals surface area contributed by atoms with Gasteiger partial charge in [0.05, 0.1) is 13.2 Å². The van der Waals surface area contributed by atoms with E-state index in [1.165, 1.54) is 11.8 Å². The summed E-state index contributed by atoms with van der Waals surface area (Å²) >= 11 is 1.43. The zero-order chi connectivity index (χ0) is 14.4. The van der Waals surface area contributed by atoms with Crippen LogP contribution in [0.5, 0.6) is 0 Å². The molecule has 110 valence electrons. The van der Waals surface area contributed by atoms with Gasteiger partial charge in [-0.25, -0.2) is 9.97 Å². The lowest BCUT2D eigenvalue weighted by Gasteiger charge is -2.26. The molecular weight excluding hydrogens is 278 g/mol. The minimum absolute atomic E-state index is 0.132. The Morgan fingerprint density at radius 1 is 1.50 bits per heavy atom. The van der Waals surface area contributed by atoms with Crippen molar-refractivity contribution in [3.63, 3.8) is 0 Å². The highest BCUT2D eigenvalue weighted by Crippen LogP contribution is 2.15. The molecule has 0 aromatic carbocycles. The molecule has 0 radical (unpaired) electrons. The van der Waals surface area contributed by atoms with Crippen LogP contribution in [-0.2, 0) is 9.53 Å². The molecular formula is C12H19N5O2S. The van der Waals surface area contributed by atoms with Crippen molar-refractivity contribution in [2.45, 2.75) is 11.6 Å². The summed E-state index contributed by atoms with van der Waals surface area (Å²) in [5.74, 6) is 1.20. The van der Waals surface area contributed by atoms with Crippen LogP contribution in [-0.4, -0.2) is 59.9 Å². The standard InChI is InChI=1S/C12H19N5O2S/c1-20-12-15-9(13)8-10(16-12)14-3-2-11(18)17-4-6-19-7-5-17/h8H,2-7H2,1H3,(H3,13,14,15,16). The molecule has 3 N–H and O–H groups in total. The molecule has 0 unspecified atom stereocenters. The first-order valence-corrected chi connectivity index (χ1v) is 7.69. The molecule has 1 aromatic heterocycles. The Hall–Kier alpha value is -1.54. The van der Waals surface area contributed by atoms with Crippen molar-refractivity contribution in [3.05, 3.63) is 6.07 Å². The quantitative estimate of drug-likeness (QED) is 0.601. The van der Waals surface area contributed by atoms with E-state index >= 15 is 0 Å². The SMILES string of the molecule is CSc1nc(N)cc(NCCC(=O)N2CCOCC2)n1. The number of nitrogens with two attached hydrogens (primary N) is 1. The van der Waals surface area contributed by atoms with Gasteiger partial charge in [-0.1, -0.05) is 11.8 Å². The van der Waals surface area contributed by atoms with Crippen LogP contribution < -0.4 is 11.1 Å². The number of thioether (sulfide) groups is 1. The first-order valence-electron chi connectivity index (χ1n) is 6.47. The first kappa shape index (κ1) is 14.9. The molecule has 1 amide bonds. The van der Waals surface area contributed by atoms with E-state index in [2.05, 4.69) is 15.3 Å². The van der Waals surface area contributed by atoms with Gasteiger partial charge in [-0.3, -0.25) is 4.79 Å². The molecule has 1 saturated heterocycles. The summed E-state index contributed by atoms with van der Waals surface area (Å²) in [6, 6.07) is 1.67. The predicted octanol–water partition coefficient (Wildman–Crippen LogP) is 0.441. The van der Waals surface area contributed by atoms with Crippen LogP contribution in [0, 0.1) is 0 Å². The second-order valence-electron chi connectivity index (χ2n) is 4.33. The molecule has 1 fully saturated rings. The molecule has 2 rings (SSSR count). The van der Waals surface area contributed by atoms with Crippen molar-refractivity contribution in [2.24, 2.45) is 0 Å². The number of aromatic nitrogens is 2. The van der Waals surface area contributed by atoms with Gasteiger partial charge in [-0.05, 0) is 6.26 Å². The maximum absolute atomic E-state index is 11.9. The third kappa shape index (κ3) is 4.24. The number of nitrogens with one attached hydrogen (secondary N) is 1. The highest BCUT2D eigenvalue weighted by atomic mass is 32.2. The number of nitrogens with zero attached hydrogens (tertiary/aromatic N) is 3. The average molecular weight is 297 g/mol. The third-order valence-electron chi connectivity index (χ3n) is 2.92. The number of carbonyl (C=O) groups is 1. The lowest BCUT2D eigenvalue weighted by molar-refractivity contribution is -0.134. The summed E-state index contributed by atoms with van der Waals surface area (Å²) in [4.78, 5) is 22.1. The number of amides is 1. The van der Waals surface area contributed by atoms with E-state index in [4.69, 9.17) is 10.5 Å². The molecule has 20 heavy (non-hydrogen) atoms. The summed E-state index contributed by atoms with van der Waals surface area (Å²) < 4.78 is 5.22. The van der Waals surface area contributed by atoms with Gasteiger partial charge in [0.15, 0.2) is 5.16 Å². The highest BCUT2D eigenvalue weighted by molar-refractivity contribution is 7.98. The first-order chi connectivity index (χ1) is 9.69. The van der Waals surface area contributed by atoms with Crippen LogP contribution >= 0.6 is 11.8 Å². The fourth-order valence-electron chi connectivity index (χ4n) is 1.89. The van der Waals surface area contributed by atoms with Gasteiger partial charge >= 0.3 is 0 Å². The summed E-state index contributed by atoms with van der Waals surface area (Å²) in [6.45, 7) is 3.13. The van der Waals surface area contributed by atoms with Crippen LogP contribution in [0.3, 0.4) is 0 Å². The van der Waals surface area contributed by atoms with E-state index in [1.807, 2.05) is 11.2 Å². The minimum Gasteiger partial charge on any atom is -0.383 e. The number of morpholine rings is 1. The van der Waals surface area contributed by atoms with E-state index in [0.717, 1.165) is 0 Å². The summed E-state index contributed by atoms with van der Waals surface area (Å²) in [7, 11) is 0. The zero-order valence-electron chi connectivity index (χ0n) is 11.5. The largest absolute Gasteiger partial charge is 0.383 e. The van der Waals surface area contributed by atoms with Crippen molar-refractivity contribution in [1.29, 1.82) is 0 Å². The van der Waals surface area contributed by atoms with Crippen LogP contribution in [0.4, 0.5) is 11.6 Å². The Morgan fingerprint density at radius 3 is 2.95 bits per heavy atom. The monoisotopic (exact) mass is 297 g/mol. The highest BCUT2D eigenvalue weighted by Gasteiger charge is 2.16. The van der Waals surface area contributed by atoms with E-state index in [9.17, 15) is 4.79 Å². The fourth-order valence-corrected chi connectivity index (χ4v) is 2.28. The number of hydrogen-bond acceptors (Lipinski definition) is 7. The van der Waals surface area contributed by atoms with Crippen molar-refractivity contribution in [3.8, 4) is 0 Å². The number of rotatable bonds is 5. The van der Waals surface area contributed by atoms with Gasteiger partial charge in [0.1, 0.15) is 11.6 Å². The van der Waals surface area contributed by atoms with E-state index in [1.54, 1.807) is 6.07 Å². The van der Waals surface area contributed by atoms with E-state index in [0.29, 0.717) is 56.1 Å². The van der Waals surface area contributed by atoms with Gasteiger partial charge in [-0.15, -0.1) is 0 Å². The van der Waals surface area contributed by atoms with Crippen molar-refractivity contribution < 1.29 is 9.53 Å². The lowest BCUT2D eigenvalue weighted by Crippen LogP contribution is -2.41.